The Hall–Kier alpha value is -1.81. The van der Waals surface area contributed by atoms with Crippen molar-refractivity contribution >= 4 is 16.9 Å². The molecule has 1 atom stereocenters. The Kier molecular flexibility index (Phi) is 4.14. The van der Waals surface area contributed by atoms with E-state index in [1.165, 1.54) is 0 Å². The minimum Gasteiger partial charge on any atom is -0.478 e. The molecule has 4 nitrogen and oxygen atoms in total. The molecule has 0 amide bonds. The Labute approximate surface area is 118 Å². The van der Waals surface area contributed by atoms with E-state index in [1.54, 1.807) is 19.1 Å². The molecule has 2 aromatic rings. The minimum absolute atomic E-state index is 0.300. The summed E-state index contributed by atoms with van der Waals surface area (Å²) in [5.41, 5.74) is 2.81. The lowest BCUT2D eigenvalue weighted by molar-refractivity contribution is 0.0698. The number of aryl methyl sites for hydroxylation is 1. The molecule has 0 aliphatic heterocycles. The molecule has 1 aromatic heterocycles. The number of benzene rings is 1. The standard InChI is InChI=1S/C16H21NO3/c1-4-5-9-17-10(2)14(11(3)18)12-7-6-8-13(15(12)17)16(19)20/h6-8,11,18H,4-5,9H2,1-3H3,(H,19,20). The van der Waals surface area contributed by atoms with E-state index >= 15 is 0 Å². The molecule has 0 spiro atoms. The number of hydrogen-bond acceptors (Lipinski definition) is 2. The predicted molar refractivity (Wildman–Crippen MR) is 79.2 cm³/mol. The number of nitrogens with zero attached hydrogens (tertiary/aromatic N) is 1. The number of aliphatic hydroxyl groups excluding tert-OH is 1. The van der Waals surface area contributed by atoms with E-state index in [2.05, 4.69) is 6.92 Å². The van der Waals surface area contributed by atoms with Crippen LogP contribution in [0.2, 0.25) is 0 Å². The minimum atomic E-state index is -0.928. The predicted octanol–water partition coefficient (Wildman–Crippen LogP) is 3.50. The van der Waals surface area contributed by atoms with Gasteiger partial charge >= 0.3 is 5.97 Å². The number of carboxylic acid groups (broad SMARTS) is 1. The maximum absolute atomic E-state index is 11.5. The van der Waals surface area contributed by atoms with Crippen molar-refractivity contribution in [3.05, 3.63) is 35.0 Å². The third-order valence-electron chi connectivity index (χ3n) is 3.77. The third-order valence-corrected chi connectivity index (χ3v) is 3.77. The lowest BCUT2D eigenvalue weighted by Gasteiger charge is -2.10. The van der Waals surface area contributed by atoms with Gasteiger partial charge in [0.15, 0.2) is 0 Å². The number of aromatic nitrogens is 1. The first-order chi connectivity index (χ1) is 9.49. The van der Waals surface area contributed by atoms with E-state index in [0.717, 1.165) is 41.5 Å². The monoisotopic (exact) mass is 275 g/mol. The Morgan fingerprint density at radius 3 is 2.65 bits per heavy atom. The number of carboxylic acids is 1. The van der Waals surface area contributed by atoms with E-state index < -0.39 is 12.1 Å². The highest BCUT2D eigenvalue weighted by Crippen LogP contribution is 2.33. The molecule has 20 heavy (non-hydrogen) atoms. The van der Waals surface area contributed by atoms with Crippen molar-refractivity contribution in [2.45, 2.75) is 46.3 Å². The first-order valence-corrected chi connectivity index (χ1v) is 7.02. The zero-order valence-corrected chi connectivity index (χ0v) is 12.2. The molecular formula is C16H21NO3. The van der Waals surface area contributed by atoms with Gasteiger partial charge in [-0.2, -0.15) is 0 Å². The Balaban J connectivity index is 2.80. The molecule has 1 heterocycles. The second kappa shape index (κ2) is 5.67. The molecular weight excluding hydrogens is 254 g/mol. The number of carbonyl (C=O) groups is 1. The van der Waals surface area contributed by atoms with Gasteiger partial charge in [-0.3, -0.25) is 0 Å². The first-order valence-electron chi connectivity index (χ1n) is 7.02. The van der Waals surface area contributed by atoms with Crippen molar-refractivity contribution in [1.82, 2.24) is 4.57 Å². The van der Waals surface area contributed by atoms with Crippen LogP contribution in [0.5, 0.6) is 0 Å². The Morgan fingerprint density at radius 2 is 2.10 bits per heavy atom. The number of hydrogen-bond donors (Lipinski definition) is 2. The number of aromatic carboxylic acids is 1. The molecule has 0 aliphatic carbocycles. The number of aliphatic hydroxyl groups is 1. The van der Waals surface area contributed by atoms with Crippen molar-refractivity contribution in [1.29, 1.82) is 0 Å². The highest BCUT2D eigenvalue weighted by Gasteiger charge is 2.21. The summed E-state index contributed by atoms with van der Waals surface area (Å²) in [6.45, 7) is 6.55. The van der Waals surface area contributed by atoms with Gasteiger partial charge in [0.05, 0.1) is 17.2 Å². The largest absolute Gasteiger partial charge is 0.478 e. The normalized spacial score (nSPS) is 12.8. The molecule has 0 saturated carbocycles. The fourth-order valence-electron chi connectivity index (χ4n) is 2.86. The van der Waals surface area contributed by atoms with Crippen LogP contribution in [0.1, 0.15) is 54.4 Å². The van der Waals surface area contributed by atoms with Gasteiger partial charge in [0.25, 0.3) is 0 Å². The molecule has 0 bridgehead atoms. The van der Waals surface area contributed by atoms with Crippen LogP contribution in [0.4, 0.5) is 0 Å². The van der Waals surface area contributed by atoms with Gasteiger partial charge in [-0.05, 0) is 26.3 Å². The average molecular weight is 275 g/mol. The Morgan fingerprint density at radius 1 is 1.40 bits per heavy atom. The molecule has 1 unspecified atom stereocenters. The van der Waals surface area contributed by atoms with Gasteiger partial charge in [-0.15, -0.1) is 0 Å². The smallest absolute Gasteiger partial charge is 0.337 e. The molecule has 4 heteroatoms. The van der Waals surface area contributed by atoms with Gasteiger partial charge in [0.2, 0.25) is 0 Å². The zero-order chi connectivity index (χ0) is 14.9. The summed E-state index contributed by atoms with van der Waals surface area (Å²) < 4.78 is 2.03. The van der Waals surface area contributed by atoms with Crippen LogP contribution < -0.4 is 0 Å². The van der Waals surface area contributed by atoms with Gasteiger partial charge < -0.3 is 14.8 Å². The van der Waals surface area contributed by atoms with E-state index in [0.29, 0.717) is 5.56 Å². The zero-order valence-electron chi connectivity index (χ0n) is 12.2. The Bertz CT molecular complexity index is 641. The van der Waals surface area contributed by atoms with Gasteiger partial charge in [0.1, 0.15) is 0 Å². The van der Waals surface area contributed by atoms with Crippen LogP contribution in [0.25, 0.3) is 10.9 Å². The highest BCUT2D eigenvalue weighted by molar-refractivity contribution is 6.04. The summed E-state index contributed by atoms with van der Waals surface area (Å²) in [7, 11) is 0. The second-order valence-corrected chi connectivity index (χ2v) is 5.19. The average Bonchev–Trinajstić information content (AvgIpc) is 2.67. The van der Waals surface area contributed by atoms with Crippen LogP contribution in [-0.2, 0) is 6.54 Å². The molecule has 2 N–H and O–H groups in total. The van der Waals surface area contributed by atoms with Crippen molar-refractivity contribution in [3.8, 4) is 0 Å². The molecule has 1 aromatic carbocycles. The van der Waals surface area contributed by atoms with E-state index in [-0.39, 0.29) is 0 Å². The fourth-order valence-corrected chi connectivity index (χ4v) is 2.86. The number of fused-ring (bicyclic) bond motifs is 1. The van der Waals surface area contributed by atoms with E-state index in [4.69, 9.17) is 0 Å². The number of unbranched alkanes of at least 4 members (excludes halogenated alkanes) is 1. The molecule has 0 saturated heterocycles. The highest BCUT2D eigenvalue weighted by atomic mass is 16.4. The topological polar surface area (TPSA) is 62.5 Å². The van der Waals surface area contributed by atoms with Crippen molar-refractivity contribution in [2.24, 2.45) is 0 Å². The van der Waals surface area contributed by atoms with Crippen molar-refractivity contribution in [2.75, 3.05) is 0 Å². The van der Waals surface area contributed by atoms with E-state index in [9.17, 15) is 15.0 Å². The molecule has 0 fully saturated rings. The summed E-state index contributed by atoms with van der Waals surface area (Å²) in [5, 5.41) is 20.2. The second-order valence-electron chi connectivity index (χ2n) is 5.19. The maximum atomic E-state index is 11.5. The quantitative estimate of drug-likeness (QED) is 0.877. The first kappa shape index (κ1) is 14.6. The van der Waals surface area contributed by atoms with Crippen LogP contribution in [0.15, 0.2) is 18.2 Å². The number of rotatable bonds is 5. The molecule has 2 rings (SSSR count). The SMILES string of the molecule is CCCCn1c(C)c(C(C)O)c2cccc(C(=O)O)c21. The lowest BCUT2D eigenvalue weighted by atomic mass is 10.0. The lowest BCUT2D eigenvalue weighted by Crippen LogP contribution is -2.05. The van der Waals surface area contributed by atoms with Gasteiger partial charge in [0, 0.05) is 23.2 Å². The summed E-state index contributed by atoms with van der Waals surface area (Å²) in [6.07, 6.45) is 1.42. The van der Waals surface area contributed by atoms with Crippen molar-refractivity contribution in [3.63, 3.8) is 0 Å². The number of para-hydroxylation sites is 1. The van der Waals surface area contributed by atoms with Crippen LogP contribution >= 0.6 is 0 Å². The van der Waals surface area contributed by atoms with Crippen LogP contribution in [-0.4, -0.2) is 20.7 Å². The van der Waals surface area contributed by atoms with Crippen LogP contribution in [0.3, 0.4) is 0 Å². The summed E-state index contributed by atoms with van der Waals surface area (Å²) >= 11 is 0. The molecule has 108 valence electrons. The molecule has 0 aliphatic rings. The summed E-state index contributed by atoms with van der Waals surface area (Å²) in [5.74, 6) is -0.928. The molecule has 0 radical (unpaired) electrons. The van der Waals surface area contributed by atoms with Gasteiger partial charge in [-0.25, -0.2) is 4.79 Å². The van der Waals surface area contributed by atoms with Crippen molar-refractivity contribution < 1.29 is 15.0 Å². The maximum Gasteiger partial charge on any atom is 0.337 e. The van der Waals surface area contributed by atoms with Crippen LogP contribution in [0, 0.1) is 6.92 Å². The van der Waals surface area contributed by atoms with E-state index in [1.807, 2.05) is 17.6 Å². The fraction of sp³-hybridized carbons (Fsp3) is 0.438. The third kappa shape index (κ3) is 2.31. The summed E-state index contributed by atoms with van der Waals surface area (Å²) in [4.78, 5) is 11.5. The summed E-state index contributed by atoms with van der Waals surface area (Å²) in [6, 6.07) is 5.25. The van der Waals surface area contributed by atoms with Gasteiger partial charge in [-0.1, -0.05) is 25.5 Å².